The first-order valence-electron chi connectivity index (χ1n) is 11.2. The smallest absolute Gasteiger partial charge is 0.224 e. The second kappa shape index (κ2) is 10.2. The van der Waals surface area contributed by atoms with Crippen LogP contribution < -0.4 is 10.2 Å². The van der Waals surface area contributed by atoms with E-state index < -0.39 is 0 Å². The van der Waals surface area contributed by atoms with Crippen molar-refractivity contribution in [1.82, 2.24) is 15.5 Å². The average Bonchev–Trinajstić information content (AvgIpc) is 2.82. The molecule has 0 radical (unpaired) electrons. The van der Waals surface area contributed by atoms with Crippen molar-refractivity contribution in [2.45, 2.75) is 32.6 Å². The molecular weight excluding hydrogens is 384 g/mol. The van der Waals surface area contributed by atoms with Crippen LogP contribution in [0.1, 0.15) is 30.4 Å². The van der Waals surface area contributed by atoms with E-state index in [-0.39, 0.29) is 11.8 Å². The van der Waals surface area contributed by atoms with Gasteiger partial charge in [-0.25, -0.2) is 0 Å². The molecule has 1 atom stereocenters. The van der Waals surface area contributed by atoms with Gasteiger partial charge in [-0.2, -0.15) is 0 Å². The van der Waals surface area contributed by atoms with Crippen LogP contribution in [0.3, 0.4) is 0 Å². The molecular formula is C26H30N4O. The van der Waals surface area contributed by atoms with Gasteiger partial charge in [-0.15, -0.1) is 10.2 Å². The summed E-state index contributed by atoms with van der Waals surface area (Å²) in [6.45, 7) is 4.40. The summed E-state index contributed by atoms with van der Waals surface area (Å²) in [7, 11) is 0. The molecule has 160 valence electrons. The zero-order valence-electron chi connectivity index (χ0n) is 18.1. The fourth-order valence-electron chi connectivity index (χ4n) is 4.14. The van der Waals surface area contributed by atoms with E-state index in [9.17, 15) is 4.79 Å². The van der Waals surface area contributed by atoms with Gasteiger partial charge in [0, 0.05) is 25.2 Å². The Morgan fingerprint density at radius 3 is 2.71 bits per heavy atom. The van der Waals surface area contributed by atoms with Gasteiger partial charge in [0.25, 0.3) is 0 Å². The predicted molar refractivity (Wildman–Crippen MR) is 125 cm³/mol. The summed E-state index contributed by atoms with van der Waals surface area (Å²) in [6, 6.07) is 22.7. The first-order valence-corrected chi connectivity index (χ1v) is 11.2. The molecule has 1 aliphatic heterocycles. The Balaban J connectivity index is 1.29. The average molecular weight is 415 g/mol. The normalized spacial score (nSPS) is 16.2. The summed E-state index contributed by atoms with van der Waals surface area (Å²) in [5.41, 5.74) is 4.47. The van der Waals surface area contributed by atoms with E-state index in [2.05, 4.69) is 69.8 Å². The van der Waals surface area contributed by atoms with E-state index in [1.54, 1.807) is 0 Å². The summed E-state index contributed by atoms with van der Waals surface area (Å²) < 4.78 is 0. The van der Waals surface area contributed by atoms with Gasteiger partial charge in [0.2, 0.25) is 5.91 Å². The number of carbonyl (C=O) groups excluding carboxylic acids is 1. The monoisotopic (exact) mass is 414 g/mol. The predicted octanol–water partition coefficient (Wildman–Crippen LogP) is 4.42. The maximum atomic E-state index is 12.7. The highest BCUT2D eigenvalue weighted by molar-refractivity contribution is 5.79. The maximum Gasteiger partial charge on any atom is 0.224 e. The minimum atomic E-state index is 0.00345. The number of carbonyl (C=O) groups is 1. The van der Waals surface area contributed by atoms with E-state index >= 15 is 0 Å². The summed E-state index contributed by atoms with van der Waals surface area (Å²) >= 11 is 0. The Bertz CT molecular complexity index is 988. The van der Waals surface area contributed by atoms with Gasteiger partial charge in [-0.1, -0.05) is 54.1 Å². The standard InChI is InChI=1S/C26H30N4O/c1-20-8-5-12-22(18-20)24-14-15-25(29-28-24)30-17-7-13-23(19-30)26(31)27-16-6-11-21-9-3-2-4-10-21/h2-5,8-10,12,14-15,18,23H,6-7,11,13,16-17,19H2,1H3,(H,27,31)/t23-/m0/s1. The Labute approximate surface area is 184 Å². The third kappa shape index (κ3) is 5.69. The molecule has 5 nitrogen and oxygen atoms in total. The number of aryl methyl sites for hydroxylation is 2. The highest BCUT2D eigenvalue weighted by Gasteiger charge is 2.26. The van der Waals surface area contributed by atoms with E-state index in [0.717, 1.165) is 55.8 Å². The largest absolute Gasteiger partial charge is 0.356 e. The fraction of sp³-hybridized carbons (Fsp3) is 0.346. The lowest BCUT2D eigenvalue weighted by molar-refractivity contribution is -0.125. The summed E-state index contributed by atoms with van der Waals surface area (Å²) in [4.78, 5) is 14.9. The van der Waals surface area contributed by atoms with Gasteiger partial charge in [-0.05, 0) is 56.4 Å². The van der Waals surface area contributed by atoms with Crippen LogP contribution in [0.25, 0.3) is 11.3 Å². The molecule has 1 N–H and O–H groups in total. The van der Waals surface area contributed by atoms with Gasteiger partial charge < -0.3 is 10.2 Å². The summed E-state index contributed by atoms with van der Waals surface area (Å²) in [6.07, 6.45) is 3.86. The van der Waals surface area contributed by atoms with Crippen LogP contribution in [-0.4, -0.2) is 35.7 Å². The molecule has 4 rings (SSSR count). The van der Waals surface area contributed by atoms with Crippen molar-refractivity contribution < 1.29 is 4.79 Å². The van der Waals surface area contributed by atoms with Crippen LogP contribution in [0.5, 0.6) is 0 Å². The zero-order chi connectivity index (χ0) is 21.5. The maximum absolute atomic E-state index is 12.7. The topological polar surface area (TPSA) is 58.1 Å². The molecule has 0 bridgehead atoms. The number of piperidine rings is 1. The van der Waals surface area contributed by atoms with E-state index in [4.69, 9.17) is 0 Å². The number of benzene rings is 2. The highest BCUT2D eigenvalue weighted by Crippen LogP contribution is 2.24. The van der Waals surface area contributed by atoms with Crippen molar-refractivity contribution >= 4 is 11.7 Å². The number of rotatable bonds is 7. The summed E-state index contributed by atoms with van der Waals surface area (Å²) in [5, 5.41) is 12.0. The quantitative estimate of drug-likeness (QED) is 0.582. The van der Waals surface area contributed by atoms with Crippen LogP contribution >= 0.6 is 0 Å². The molecule has 1 saturated heterocycles. The molecule has 1 amide bonds. The second-order valence-corrected chi connectivity index (χ2v) is 8.31. The van der Waals surface area contributed by atoms with E-state index in [0.29, 0.717) is 6.54 Å². The minimum absolute atomic E-state index is 0.00345. The second-order valence-electron chi connectivity index (χ2n) is 8.31. The number of hydrogen-bond donors (Lipinski definition) is 1. The Kier molecular flexibility index (Phi) is 6.92. The molecule has 3 aromatic rings. The molecule has 0 unspecified atom stereocenters. The van der Waals surface area contributed by atoms with Crippen molar-refractivity contribution in [2.24, 2.45) is 5.92 Å². The number of hydrogen-bond acceptors (Lipinski definition) is 4. The molecule has 1 aliphatic rings. The van der Waals surface area contributed by atoms with Gasteiger partial charge >= 0.3 is 0 Å². The van der Waals surface area contributed by atoms with Gasteiger partial charge in [0.1, 0.15) is 0 Å². The van der Waals surface area contributed by atoms with Crippen LogP contribution in [0.2, 0.25) is 0 Å². The molecule has 0 saturated carbocycles. The van der Waals surface area contributed by atoms with Crippen LogP contribution in [-0.2, 0) is 11.2 Å². The molecule has 0 aliphatic carbocycles. The molecule has 5 heteroatoms. The Morgan fingerprint density at radius 1 is 1.06 bits per heavy atom. The Morgan fingerprint density at radius 2 is 1.94 bits per heavy atom. The van der Waals surface area contributed by atoms with Crippen LogP contribution in [0.15, 0.2) is 66.7 Å². The number of nitrogens with one attached hydrogen (secondary N) is 1. The van der Waals surface area contributed by atoms with Crippen LogP contribution in [0.4, 0.5) is 5.82 Å². The SMILES string of the molecule is Cc1cccc(-c2ccc(N3CCC[C@H](C(=O)NCCCc4ccccc4)C3)nn2)c1. The van der Waals surface area contributed by atoms with Crippen molar-refractivity contribution in [3.8, 4) is 11.3 Å². The third-order valence-corrected chi connectivity index (χ3v) is 5.86. The molecule has 2 heterocycles. The van der Waals surface area contributed by atoms with Crippen molar-refractivity contribution in [1.29, 1.82) is 0 Å². The zero-order valence-corrected chi connectivity index (χ0v) is 18.1. The molecule has 1 aromatic heterocycles. The van der Waals surface area contributed by atoms with E-state index in [1.807, 2.05) is 24.3 Å². The van der Waals surface area contributed by atoms with Crippen molar-refractivity contribution in [3.63, 3.8) is 0 Å². The lowest BCUT2D eigenvalue weighted by Gasteiger charge is -2.32. The lowest BCUT2D eigenvalue weighted by Crippen LogP contribution is -2.43. The lowest BCUT2D eigenvalue weighted by atomic mass is 9.97. The highest BCUT2D eigenvalue weighted by atomic mass is 16.1. The first-order chi connectivity index (χ1) is 15.2. The van der Waals surface area contributed by atoms with Crippen molar-refractivity contribution in [2.75, 3.05) is 24.5 Å². The number of amides is 1. The minimum Gasteiger partial charge on any atom is -0.356 e. The molecule has 1 fully saturated rings. The third-order valence-electron chi connectivity index (χ3n) is 5.86. The number of nitrogens with zero attached hydrogens (tertiary/aromatic N) is 3. The van der Waals surface area contributed by atoms with Crippen LogP contribution in [0, 0.1) is 12.8 Å². The molecule has 31 heavy (non-hydrogen) atoms. The van der Waals surface area contributed by atoms with Gasteiger partial charge in [0.15, 0.2) is 5.82 Å². The molecule has 0 spiro atoms. The summed E-state index contributed by atoms with van der Waals surface area (Å²) in [5.74, 6) is 1.00. The van der Waals surface area contributed by atoms with Gasteiger partial charge in [-0.3, -0.25) is 4.79 Å². The number of aromatic nitrogens is 2. The van der Waals surface area contributed by atoms with Crippen molar-refractivity contribution in [3.05, 3.63) is 77.9 Å². The Hall–Kier alpha value is -3.21. The van der Waals surface area contributed by atoms with Gasteiger partial charge in [0.05, 0.1) is 11.6 Å². The number of anilines is 1. The molecule has 2 aromatic carbocycles. The fourth-order valence-corrected chi connectivity index (χ4v) is 4.14. The first kappa shape index (κ1) is 21.0. The van der Waals surface area contributed by atoms with E-state index in [1.165, 1.54) is 11.1 Å².